The van der Waals surface area contributed by atoms with E-state index in [-0.39, 0.29) is 19.2 Å². The molecule has 8 heteroatoms. The van der Waals surface area contributed by atoms with E-state index in [1.165, 1.54) is 11.3 Å². The van der Waals surface area contributed by atoms with E-state index in [0.717, 1.165) is 22.0 Å². The molecule has 0 saturated heterocycles. The van der Waals surface area contributed by atoms with Crippen LogP contribution in [0.4, 0.5) is 5.69 Å². The van der Waals surface area contributed by atoms with Crippen LogP contribution in [0.3, 0.4) is 0 Å². The molecule has 0 spiro atoms. The van der Waals surface area contributed by atoms with Crippen LogP contribution in [0.25, 0.3) is 22.0 Å². The number of thiazole rings is 1. The minimum atomic E-state index is -0.156. The molecule has 29 heavy (non-hydrogen) atoms. The summed E-state index contributed by atoms with van der Waals surface area (Å²) in [6.45, 7) is 0.353. The Morgan fingerprint density at radius 3 is 2.86 bits per heavy atom. The number of nitrogens with one attached hydrogen (secondary N) is 1. The fraction of sp³-hybridized carbons (Fsp3) is 0.0952. The van der Waals surface area contributed by atoms with Gasteiger partial charge >= 0.3 is 0 Å². The van der Waals surface area contributed by atoms with Crippen LogP contribution in [0, 0.1) is 0 Å². The van der Waals surface area contributed by atoms with Crippen molar-refractivity contribution < 1.29 is 14.3 Å². The number of benzene rings is 2. The third-order valence-corrected chi connectivity index (χ3v) is 5.27. The van der Waals surface area contributed by atoms with Crippen LogP contribution >= 0.6 is 11.3 Å². The molecule has 2 aromatic heterocycles. The highest BCUT2D eigenvalue weighted by molar-refractivity contribution is 7.13. The SMILES string of the molecule is O=C(Cn1cnc(-c2nc(-c3ccccc3)cs2)c1)Nc1ccc2c(c1)OCO2. The maximum absolute atomic E-state index is 12.4. The number of carbonyl (C=O) groups is 1. The molecule has 0 bridgehead atoms. The van der Waals surface area contributed by atoms with E-state index >= 15 is 0 Å². The summed E-state index contributed by atoms with van der Waals surface area (Å²) in [6.07, 6.45) is 3.46. The summed E-state index contributed by atoms with van der Waals surface area (Å²) in [6, 6.07) is 15.3. The van der Waals surface area contributed by atoms with Gasteiger partial charge in [-0.15, -0.1) is 11.3 Å². The van der Waals surface area contributed by atoms with E-state index < -0.39 is 0 Å². The molecular weight excluding hydrogens is 388 g/mol. The molecule has 1 N–H and O–H groups in total. The number of rotatable bonds is 5. The first-order chi connectivity index (χ1) is 14.2. The Kier molecular flexibility index (Phi) is 4.45. The third-order valence-electron chi connectivity index (χ3n) is 4.41. The van der Waals surface area contributed by atoms with Gasteiger partial charge in [0.15, 0.2) is 11.5 Å². The molecule has 1 amide bonds. The van der Waals surface area contributed by atoms with Crippen LogP contribution in [0.2, 0.25) is 0 Å². The minimum absolute atomic E-state index is 0.151. The van der Waals surface area contributed by atoms with Crippen molar-refractivity contribution in [1.82, 2.24) is 14.5 Å². The number of nitrogens with zero attached hydrogens (tertiary/aromatic N) is 3. The summed E-state index contributed by atoms with van der Waals surface area (Å²) >= 11 is 1.53. The zero-order valence-corrected chi connectivity index (χ0v) is 16.1. The number of amides is 1. The quantitative estimate of drug-likeness (QED) is 0.543. The van der Waals surface area contributed by atoms with Gasteiger partial charge in [0.1, 0.15) is 17.2 Å². The molecular formula is C21H16N4O3S. The average molecular weight is 404 g/mol. The lowest BCUT2D eigenvalue weighted by Crippen LogP contribution is -2.17. The summed E-state index contributed by atoms with van der Waals surface area (Å²) in [5.74, 6) is 1.16. The van der Waals surface area contributed by atoms with Gasteiger partial charge in [0.05, 0.1) is 12.0 Å². The first-order valence-electron chi connectivity index (χ1n) is 8.97. The number of anilines is 1. The van der Waals surface area contributed by atoms with Gasteiger partial charge in [-0.1, -0.05) is 30.3 Å². The lowest BCUT2D eigenvalue weighted by atomic mass is 10.2. The normalized spacial score (nSPS) is 12.1. The Bertz CT molecular complexity index is 1170. The number of fused-ring (bicyclic) bond motifs is 1. The van der Waals surface area contributed by atoms with Crippen molar-refractivity contribution in [3.63, 3.8) is 0 Å². The molecule has 5 rings (SSSR count). The number of hydrogen-bond donors (Lipinski definition) is 1. The fourth-order valence-electron chi connectivity index (χ4n) is 3.03. The molecule has 1 aliphatic rings. The van der Waals surface area contributed by atoms with Gasteiger partial charge in [-0.25, -0.2) is 9.97 Å². The topological polar surface area (TPSA) is 78.3 Å². The number of imidazole rings is 1. The van der Waals surface area contributed by atoms with Gasteiger partial charge < -0.3 is 19.4 Å². The summed E-state index contributed by atoms with van der Waals surface area (Å²) < 4.78 is 12.3. The predicted octanol–water partition coefficient (Wildman–Crippen LogP) is 4.04. The van der Waals surface area contributed by atoms with Crippen molar-refractivity contribution in [2.75, 3.05) is 12.1 Å². The molecule has 3 heterocycles. The summed E-state index contributed by atoms with van der Waals surface area (Å²) in [4.78, 5) is 21.4. The van der Waals surface area contributed by atoms with E-state index in [1.54, 1.807) is 29.1 Å². The van der Waals surface area contributed by atoms with Crippen molar-refractivity contribution in [2.45, 2.75) is 6.54 Å². The Labute approximate surface area is 170 Å². The van der Waals surface area contributed by atoms with Crippen molar-refractivity contribution >= 4 is 22.9 Å². The molecule has 0 fully saturated rings. The van der Waals surface area contributed by atoms with Gasteiger partial charge in [-0.3, -0.25) is 4.79 Å². The molecule has 144 valence electrons. The van der Waals surface area contributed by atoms with Crippen LogP contribution in [0.15, 0.2) is 66.4 Å². The number of ether oxygens (including phenoxy) is 2. The smallest absolute Gasteiger partial charge is 0.244 e. The molecule has 0 atom stereocenters. The average Bonchev–Trinajstić information content (AvgIpc) is 3.48. The van der Waals surface area contributed by atoms with E-state index in [0.29, 0.717) is 17.2 Å². The lowest BCUT2D eigenvalue weighted by molar-refractivity contribution is -0.116. The Morgan fingerprint density at radius 1 is 1.10 bits per heavy atom. The molecule has 1 aliphatic heterocycles. The molecule has 0 unspecified atom stereocenters. The molecule has 0 aliphatic carbocycles. The standard InChI is InChI=1S/C21H16N4O3S/c26-20(23-15-6-7-18-19(8-15)28-13-27-18)10-25-9-16(22-12-25)21-24-17(11-29-21)14-4-2-1-3-5-14/h1-9,11-12H,10,13H2,(H,23,26). The first kappa shape index (κ1) is 17.4. The summed E-state index contributed by atoms with van der Waals surface area (Å²) in [7, 11) is 0. The number of aromatic nitrogens is 3. The molecule has 7 nitrogen and oxygen atoms in total. The van der Waals surface area contributed by atoms with Crippen LogP contribution in [-0.4, -0.2) is 27.2 Å². The van der Waals surface area contributed by atoms with Crippen molar-refractivity contribution in [3.8, 4) is 33.5 Å². The number of hydrogen-bond acceptors (Lipinski definition) is 6. The van der Waals surface area contributed by atoms with E-state index in [2.05, 4.69) is 15.3 Å². The maximum atomic E-state index is 12.4. The van der Waals surface area contributed by atoms with Crippen LogP contribution in [-0.2, 0) is 11.3 Å². The highest BCUT2D eigenvalue weighted by Gasteiger charge is 2.15. The van der Waals surface area contributed by atoms with Crippen LogP contribution in [0.5, 0.6) is 11.5 Å². The monoisotopic (exact) mass is 404 g/mol. The second-order valence-electron chi connectivity index (χ2n) is 6.45. The Morgan fingerprint density at radius 2 is 1.97 bits per heavy atom. The van der Waals surface area contributed by atoms with Crippen LogP contribution < -0.4 is 14.8 Å². The second kappa shape index (κ2) is 7.40. The van der Waals surface area contributed by atoms with E-state index in [9.17, 15) is 4.79 Å². The number of carbonyl (C=O) groups excluding carboxylic acids is 1. The molecule has 4 aromatic rings. The zero-order chi connectivity index (χ0) is 19.6. The summed E-state index contributed by atoms with van der Waals surface area (Å²) in [5.41, 5.74) is 3.39. The van der Waals surface area contributed by atoms with Gasteiger partial charge in [0, 0.05) is 28.9 Å². The van der Waals surface area contributed by atoms with Crippen molar-refractivity contribution in [3.05, 3.63) is 66.4 Å². The van der Waals surface area contributed by atoms with Gasteiger partial charge in [-0.05, 0) is 12.1 Å². The highest BCUT2D eigenvalue weighted by atomic mass is 32.1. The van der Waals surface area contributed by atoms with Gasteiger partial charge in [0.2, 0.25) is 12.7 Å². The lowest BCUT2D eigenvalue weighted by Gasteiger charge is -2.06. The zero-order valence-electron chi connectivity index (χ0n) is 15.2. The van der Waals surface area contributed by atoms with Crippen molar-refractivity contribution in [2.24, 2.45) is 0 Å². The highest BCUT2D eigenvalue weighted by Crippen LogP contribution is 2.34. The van der Waals surface area contributed by atoms with Crippen LogP contribution in [0.1, 0.15) is 0 Å². The summed E-state index contributed by atoms with van der Waals surface area (Å²) in [5, 5.41) is 5.69. The predicted molar refractivity (Wildman–Crippen MR) is 110 cm³/mol. The molecule has 0 saturated carbocycles. The molecule has 2 aromatic carbocycles. The third kappa shape index (κ3) is 3.70. The largest absolute Gasteiger partial charge is 0.454 e. The van der Waals surface area contributed by atoms with Crippen molar-refractivity contribution in [1.29, 1.82) is 0 Å². The van der Waals surface area contributed by atoms with E-state index in [4.69, 9.17) is 9.47 Å². The first-order valence-corrected chi connectivity index (χ1v) is 9.85. The van der Waals surface area contributed by atoms with Gasteiger partial charge in [-0.2, -0.15) is 0 Å². The fourth-order valence-corrected chi connectivity index (χ4v) is 3.82. The minimum Gasteiger partial charge on any atom is -0.454 e. The van der Waals surface area contributed by atoms with E-state index in [1.807, 2.05) is 41.9 Å². The maximum Gasteiger partial charge on any atom is 0.244 e. The second-order valence-corrected chi connectivity index (χ2v) is 7.31. The Balaban J connectivity index is 1.26. The molecule has 0 radical (unpaired) electrons. The Hall–Kier alpha value is -3.65. The van der Waals surface area contributed by atoms with Gasteiger partial charge in [0.25, 0.3) is 0 Å².